The molecule has 1 N–H and O–H groups in total. The molecular weight excluding hydrogens is 222 g/mol. The fourth-order valence-corrected chi connectivity index (χ4v) is 1.76. The summed E-state index contributed by atoms with van der Waals surface area (Å²) in [5, 5.41) is 3.19. The van der Waals surface area contributed by atoms with Crippen LogP contribution in [0.1, 0.15) is 11.5 Å². The second-order valence-corrected chi connectivity index (χ2v) is 4.15. The Hall–Kier alpha value is -1.49. The van der Waals surface area contributed by atoms with Crippen LogP contribution in [0, 0.1) is 0 Å². The van der Waals surface area contributed by atoms with Crippen molar-refractivity contribution >= 4 is 17.4 Å². The van der Waals surface area contributed by atoms with Crippen molar-refractivity contribution in [1.82, 2.24) is 9.97 Å². The highest BCUT2D eigenvalue weighted by atomic mass is 32.2. The Kier molecular flexibility index (Phi) is 3.82. The molecule has 2 heterocycles. The second-order valence-electron chi connectivity index (χ2n) is 3.28. The van der Waals surface area contributed by atoms with Crippen LogP contribution in [0.25, 0.3) is 0 Å². The molecule has 5 heteroatoms. The molecule has 0 atom stereocenters. The molecule has 84 valence electrons. The van der Waals surface area contributed by atoms with E-state index in [-0.39, 0.29) is 0 Å². The summed E-state index contributed by atoms with van der Waals surface area (Å²) in [6.45, 7) is 0.655. The minimum atomic E-state index is 0.655. The van der Waals surface area contributed by atoms with Crippen LogP contribution in [-0.2, 0) is 12.3 Å². The smallest absolute Gasteiger partial charge is 0.123 e. The topological polar surface area (TPSA) is 51.0 Å². The molecule has 0 saturated heterocycles. The molecule has 2 aromatic rings. The zero-order valence-corrected chi connectivity index (χ0v) is 9.83. The van der Waals surface area contributed by atoms with Crippen LogP contribution in [0.2, 0.25) is 0 Å². The van der Waals surface area contributed by atoms with Gasteiger partial charge in [-0.1, -0.05) is 0 Å². The predicted molar refractivity (Wildman–Crippen MR) is 65.3 cm³/mol. The zero-order chi connectivity index (χ0) is 11.2. The lowest BCUT2D eigenvalue weighted by Crippen LogP contribution is -1.98. The van der Waals surface area contributed by atoms with Gasteiger partial charge in [0.2, 0.25) is 0 Å². The van der Waals surface area contributed by atoms with Crippen molar-refractivity contribution in [3.05, 3.63) is 42.4 Å². The van der Waals surface area contributed by atoms with Gasteiger partial charge in [0.25, 0.3) is 0 Å². The van der Waals surface area contributed by atoms with Crippen LogP contribution >= 0.6 is 11.8 Å². The van der Waals surface area contributed by atoms with Gasteiger partial charge in [0.1, 0.15) is 17.8 Å². The lowest BCUT2D eigenvalue weighted by Gasteiger charge is -2.02. The predicted octanol–water partition coefficient (Wildman–Crippen LogP) is 2.54. The van der Waals surface area contributed by atoms with Gasteiger partial charge in [-0.3, -0.25) is 0 Å². The molecule has 0 aliphatic heterocycles. The van der Waals surface area contributed by atoms with Gasteiger partial charge in [0.05, 0.1) is 30.4 Å². The van der Waals surface area contributed by atoms with Crippen molar-refractivity contribution in [1.29, 1.82) is 0 Å². The van der Waals surface area contributed by atoms with E-state index < -0.39 is 0 Å². The van der Waals surface area contributed by atoms with Crippen LogP contribution in [-0.4, -0.2) is 16.2 Å². The Morgan fingerprint density at radius 2 is 2.00 bits per heavy atom. The lowest BCUT2D eigenvalue weighted by molar-refractivity contribution is 0.487. The molecule has 0 radical (unpaired) electrons. The summed E-state index contributed by atoms with van der Waals surface area (Å²) in [5.41, 5.74) is 0.894. The first-order valence-electron chi connectivity index (χ1n) is 4.94. The third-order valence-corrected chi connectivity index (χ3v) is 2.60. The van der Waals surface area contributed by atoms with Gasteiger partial charge in [0.15, 0.2) is 0 Å². The molecule has 4 nitrogen and oxygen atoms in total. The summed E-state index contributed by atoms with van der Waals surface area (Å²) in [6, 6.07) is 4.00. The van der Waals surface area contributed by atoms with Crippen molar-refractivity contribution in [2.75, 3.05) is 11.6 Å². The molecule has 0 aromatic carbocycles. The number of furan rings is 1. The van der Waals surface area contributed by atoms with E-state index in [0.717, 1.165) is 23.0 Å². The SMILES string of the molecule is CSCc1ccc(CNc2cncnc2)o1. The number of hydrogen-bond donors (Lipinski definition) is 1. The Morgan fingerprint density at radius 3 is 2.75 bits per heavy atom. The van der Waals surface area contributed by atoms with Gasteiger partial charge in [-0.2, -0.15) is 11.8 Å². The molecule has 0 bridgehead atoms. The first kappa shape index (κ1) is 11.0. The van der Waals surface area contributed by atoms with E-state index in [1.165, 1.54) is 6.33 Å². The summed E-state index contributed by atoms with van der Waals surface area (Å²) in [4.78, 5) is 7.85. The van der Waals surface area contributed by atoms with Crippen LogP contribution in [0.5, 0.6) is 0 Å². The van der Waals surface area contributed by atoms with Crippen molar-refractivity contribution in [3.63, 3.8) is 0 Å². The van der Waals surface area contributed by atoms with Gasteiger partial charge >= 0.3 is 0 Å². The number of thioether (sulfide) groups is 1. The van der Waals surface area contributed by atoms with Gasteiger partial charge in [-0.25, -0.2) is 9.97 Å². The van der Waals surface area contributed by atoms with E-state index >= 15 is 0 Å². The summed E-state index contributed by atoms with van der Waals surface area (Å²) in [7, 11) is 0. The number of nitrogens with one attached hydrogen (secondary N) is 1. The highest BCUT2D eigenvalue weighted by Gasteiger charge is 2.01. The third-order valence-electron chi connectivity index (χ3n) is 2.03. The van der Waals surface area contributed by atoms with Crippen molar-refractivity contribution in [2.45, 2.75) is 12.3 Å². The molecule has 0 amide bonds. The third kappa shape index (κ3) is 3.00. The number of nitrogens with zero attached hydrogens (tertiary/aromatic N) is 2. The monoisotopic (exact) mass is 235 g/mol. The fraction of sp³-hybridized carbons (Fsp3) is 0.273. The molecule has 0 fully saturated rings. The maximum absolute atomic E-state index is 5.62. The molecule has 0 aliphatic rings. The average Bonchev–Trinajstić information content (AvgIpc) is 2.76. The van der Waals surface area contributed by atoms with E-state index in [0.29, 0.717) is 6.54 Å². The van der Waals surface area contributed by atoms with E-state index in [1.54, 1.807) is 24.2 Å². The lowest BCUT2D eigenvalue weighted by atomic mass is 10.4. The van der Waals surface area contributed by atoms with Crippen LogP contribution in [0.4, 0.5) is 5.69 Å². The molecular formula is C11H13N3OS. The summed E-state index contributed by atoms with van der Waals surface area (Å²) >= 11 is 1.75. The van der Waals surface area contributed by atoms with Crippen molar-refractivity contribution in [3.8, 4) is 0 Å². The minimum Gasteiger partial charge on any atom is -0.463 e. The Morgan fingerprint density at radius 1 is 1.25 bits per heavy atom. The van der Waals surface area contributed by atoms with E-state index in [9.17, 15) is 0 Å². The Bertz CT molecular complexity index is 430. The van der Waals surface area contributed by atoms with Crippen LogP contribution in [0.3, 0.4) is 0 Å². The molecule has 2 aromatic heterocycles. The van der Waals surface area contributed by atoms with Gasteiger partial charge in [0, 0.05) is 0 Å². The summed E-state index contributed by atoms with van der Waals surface area (Å²) in [6.07, 6.45) is 7.04. The van der Waals surface area contributed by atoms with E-state index in [2.05, 4.69) is 21.5 Å². The van der Waals surface area contributed by atoms with Crippen LogP contribution in [0.15, 0.2) is 35.3 Å². The quantitative estimate of drug-likeness (QED) is 0.863. The number of rotatable bonds is 5. The van der Waals surface area contributed by atoms with E-state index in [1.807, 2.05) is 12.1 Å². The maximum atomic E-state index is 5.62. The van der Waals surface area contributed by atoms with Gasteiger partial charge in [-0.15, -0.1) is 0 Å². The zero-order valence-electron chi connectivity index (χ0n) is 9.01. The highest BCUT2D eigenvalue weighted by molar-refractivity contribution is 7.97. The molecule has 0 saturated carbocycles. The summed E-state index contributed by atoms with van der Waals surface area (Å²) < 4.78 is 5.62. The first-order chi connectivity index (χ1) is 7.88. The summed E-state index contributed by atoms with van der Waals surface area (Å²) in [5.74, 6) is 2.84. The maximum Gasteiger partial charge on any atom is 0.123 e. The fourth-order valence-electron chi connectivity index (χ4n) is 1.32. The van der Waals surface area contributed by atoms with Crippen molar-refractivity contribution in [2.24, 2.45) is 0 Å². The molecule has 0 unspecified atom stereocenters. The Balaban J connectivity index is 1.89. The van der Waals surface area contributed by atoms with Gasteiger partial charge in [-0.05, 0) is 18.4 Å². The molecule has 2 rings (SSSR count). The number of aromatic nitrogens is 2. The number of hydrogen-bond acceptors (Lipinski definition) is 5. The average molecular weight is 235 g/mol. The van der Waals surface area contributed by atoms with Crippen molar-refractivity contribution < 1.29 is 4.42 Å². The first-order valence-corrected chi connectivity index (χ1v) is 6.33. The van der Waals surface area contributed by atoms with E-state index in [4.69, 9.17) is 4.42 Å². The van der Waals surface area contributed by atoms with Crippen LogP contribution < -0.4 is 5.32 Å². The molecule has 0 aliphatic carbocycles. The molecule has 0 spiro atoms. The van der Waals surface area contributed by atoms with Gasteiger partial charge < -0.3 is 9.73 Å². The minimum absolute atomic E-state index is 0.655. The second kappa shape index (κ2) is 5.55. The number of anilines is 1. The molecule has 16 heavy (non-hydrogen) atoms. The largest absolute Gasteiger partial charge is 0.463 e. The highest BCUT2D eigenvalue weighted by Crippen LogP contribution is 2.14. The Labute approximate surface area is 98.5 Å². The standard InChI is InChI=1S/C11H13N3OS/c1-16-7-11-3-2-10(15-11)6-14-9-4-12-8-13-5-9/h2-5,8,14H,6-7H2,1H3. The normalized spacial score (nSPS) is 10.3.